The van der Waals surface area contributed by atoms with E-state index in [1.165, 1.54) is 6.92 Å². The molecule has 4 amide bonds. The molecule has 0 spiro atoms. The number of amides is 4. The summed E-state index contributed by atoms with van der Waals surface area (Å²) < 4.78 is 0. The normalized spacial score (nSPS) is 14.8. The molecule has 9 N–H and O–H groups in total. The standard InChI is InChI=1S/C24H35N5O9/c1-12(2)19(24(37)38)29-23(36)17(11-30)28-20(33)13(3)26-22(35)16(10-18(31)32)27-21(34)15(25)9-14-7-5-4-6-8-14/h4-8,12-13,15-17,19,30H,9-11,25H2,1-3H3,(H,26,35)(H,27,34)(H,28,33)(H,29,36)(H,31,32)(H,37,38)/t13-,15-,16-,17-,19-/m0/s1. The first kappa shape index (κ1) is 32.0. The lowest BCUT2D eigenvalue weighted by Crippen LogP contribution is -2.59. The average molecular weight is 538 g/mol. The number of hydrogen-bond donors (Lipinski definition) is 8. The number of carboxylic acid groups (broad SMARTS) is 2. The number of nitrogens with two attached hydrogens (primary N) is 1. The minimum atomic E-state index is -1.56. The minimum absolute atomic E-state index is 0.136. The zero-order valence-corrected chi connectivity index (χ0v) is 21.3. The van der Waals surface area contributed by atoms with Crippen LogP contribution in [0.1, 0.15) is 32.8 Å². The van der Waals surface area contributed by atoms with Gasteiger partial charge in [0.25, 0.3) is 0 Å². The van der Waals surface area contributed by atoms with Gasteiger partial charge in [0.2, 0.25) is 23.6 Å². The van der Waals surface area contributed by atoms with E-state index in [2.05, 4.69) is 21.3 Å². The van der Waals surface area contributed by atoms with Crippen LogP contribution in [0.2, 0.25) is 0 Å². The largest absolute Gasteiger partial charge is 0.481 e. The number of hydrogen-bond acceptors (Lipinski definition) is 8. The van der Waals surface area contributed by atoms with Crippen LogP contribution in [0.25, 0.3) is 0 Å². The van der Waals surface area contributed by atoms with Gasteiger partial charge in [-0.3, -0.25) is 24.0 Å². The smallest absolute Gasteiger partial charge is 0.326 e. The maximum Gasteiger partial charge on any atom is 0.326 e. The highest BCUT2D eigenvalue weighted by molar-refractivity contribution is 5.96. The number of aliphatic hydroxyl groups is 1. The second kappa shape index (κ2) is 15.3. The van der Waals surface area contributed by atoms with Crippen molar-refractivity contribution in [2.75, 3.05) is 6.61 Å². The highest BCUT2D eigenvalue weighted by Gasteiger charge is 2.31. The van der Waals surface area contributed by atoms with Gasteiger partial charge < -0.3 is 42.3 Å². The Morgan fingerprint density at radius 3 is 1.84 bits per heavy atom. The maximum atomic E-state index is 12.7. The minimum Gasteiger partial charge on any atom is -0.481 e. The van der Waals surface area contributed by atoms with Gasteiger partial charge in [-0.1, -0.05) is 44.2 Å². The Balaban J connectivity index is 2.80. The Morgan fingerprint density at radius 2 is 1.34 bits per heavy atom. The summed E-state index contributed by atoms with van der Waals surface area (Å²) in [6.45, 7) is 3.49. The maximum absolute atomic E-state index is 12.7. The molecule has 210 valence electrons. The molecule has 1 aromatic carbocycles. The van der Waals surface area contributed by atoms with Crippen molar-refractivity contribution >= 4 is 35.6 Å². The quantitative estimate of drug-likeness (QED) is 0.119. The molecule has 1 aromatic rings. The van der Waals surface area contributed by atoms with E-state index in [1.807, 2.05) is 0 Å². The summed E-state index contributed by atoms with van der Waals surface area (Å²) in [4.78, 5) is 72.6. The van der Waals surface area contributed by atoms with Gasteiger partial charge >= 0.3 is 11.9 Å². The Hall–Kier alpha value is -4.04. The topological polar surface area (TPSA) is 237 Å². The highest BCUT2D eigenvalue weighted by atomic mass is 16.4. The molecule has 0 aliphatic carbocycles. The van der Waals surface area contributed by atoms with Crippen LogP contribution >= 0.6 is 0 Å². The van der Waals surface area contributed by atoms with Crippen molar-refractivity contribution in [1.29, 1.82) is 0 Å². The van der Waals surface area contributed by atoms with Gasteiger partial charge in [-0.05, 0) is 24.8 Å². The molecule has 0 aliphatic rings. The average Bonchev–Trinajstić information content (AvgIpc) is 2.84. The van der Waals surface area contributed by atoms with Gasteiger partial charge in [0.15, 0.2) is 0 Å². The Bertz CT molecular complexity index is 1000. The van der Waals surface area contributed by atoms with Crippen LogP contribution in [-0.4, -0.2) is 87.7 Å². The first-order chi connectivity index (χ1) is 17.8. The first-order valence-electron chi connectivity index (χ1n) is 11.8. The van der Waals surface area contributed by atoms with Crippen LogP contribution in [-0.2, 0) is 35.2 Å². The lowest BCUT2D eigenvalue weighted by molar-refractivity contribution is -0.143. The second-order valence-corrected chi connectivity index (χ2v) is 9.00. The Labute approximate surface area is 219 Å². The number of carboxylic acids is 2. The van der Waals surface area contributed by atoms with Crippen molar-refractivity contribution in [1.82, 2.24) is 21.3 Å². The van der Waals surface area contributed by atoms with Gasteiger partial charge in [-0.15, -0.1) is 0 Å². The molecule has 0 radical (unpaired) electrons. The molecule has 14 heteroatoms. The molecule has 0 saturated heterocycles. The Morgan fingerprint density at radius 1 is 0.789 bits per heavy atom. The number of nitrogens with one attached hydrogen (secondary N) is 4. The number of aliphatic hydroxyl groups excluding tert-OH is 1. The van der Waals surface area contributed by atoms with E-state index in [4.69, 9.17) is 10.8 Å². The van der Waals surface area contributed by atoms with E-state index in [1.54, 1.807) is 44.2 Å². The van der Waals surface area contributed by atoms with Crippen LogP contribution < -0.4 is 27.0 Å². The summed E-state index contributed by atoms with van der Waals surface area (Å²) in [5.74, 6) is -6.82. The lowest BCUT2D eigenvalue weighted by atomic mass is 10.0. The van der Waals surface area contributed by atoms with Gasteiger partial charge in [0, 0.05) is 0 Å². The van der Waals surface area contributed by atoms with Crippen LogP contribution in [0.15, 0.2) is 30.3 Å². The van der Waals surface area contributed by atoms with Crippen molar-refractivity contribution in [3.05, 3.63) is 35.9 Å². The van der Waals surface area contributed by atoms with E-state index in [0.717, 1.165) is 5.56 Å². The molecule has 0 fully saturated rings. The second-order valence-electron chi connectivity index (χ2n) is 9.00. The Kier molecular flexibility index (Phi) is 12.9. The SMILES string of the molecule is CC(C)[C@H](NC(=O)[C@H](CO)NC(=O)[C@H](C)NC(=O)[C@H](CC(=O)O)NC(=O)[C@@H](N)Cc1ccccc1)C(=O)O. The predicted molar refractivity (Wildman–Crippen MR) is 133 cm³/mol. The predicted octanol–water partition coefficient (Wildman–Crippen LogP) is -2.28. The first-order valence-corrected chi connectivity index (χ1v) is 11.8. The fourth-order valence-electron chi connectivity index (χ4n) is 3.26. The summed E-state index contributed by atoms with van der Waals surface area (Å²) in [6.07, 6.45) is -0.658. The molecule has 0 unspecified atom stereocenters. The van der Waals surface area contributed by atoms with Crippen molar-refractivity contribution in [3.8, 4) is 0 Å². The molecule has 0 heterocycles. The number of carbonyl (C=O) groups is 6. The number of aliphatic carboxylic acids is 2. The molecule has 38 heavy (non-hydrogen) atoms. The fraction of sp³-hybridized carbons (Fsp3) is 0.500. The molecule has 5 atom stereocenters. The van der Waals surface area contributed by atoms with Crippen LogP contribution in [0.3, 0.4) is 0 Å². The summed E-state index contributed by atoms with van der Waals surface area (Å²) in [5.41, 5.74) is 6.65. The summed E-state index contributed by atoms with van der Waals surface area (Å²) >= 11 is 0. The van der Waals surface area contributed by atoms with Gasteiger partial charge in [0.1, 0.15) is 24.2 Å². The van der Waals surface area contributed by atoms with Gasteiger partial charge in [-0.2, -0.15) is 0 Å². The number of benzene rings is 1. The van der Waals surface area contributed by atoms with Crippen molar-refractivity contribution in [2.24, 2.45) is 11.7 Å². The van der Waals surface area contributed by atoms with E-state index in [9.17, 15) is 39.0 Å². The van der Waals surface area contributed by atoms with Crippen molar-refractivity contribution in [2.45, 2.75) is 63.8 Å². The zero-order chi connectivity index (χ0) is 29.0. The number of carbonyl (C=O) groups excluding carboxylic acids is 4. The third kappa shape index (κ3) is 10.5. The lowest BCUT2D eigenvalue weighted by Gasteiger charge is -2.24. The summed E-state index contributed by atoms with van der Waals surface area (Å²) in [6, 6.07) is 2.05. The molecular formula is C24H35N5O9. The van der Waals surface area contributed by atoms with Crippen molar-refractivity contribution < 1.29 is 44.1 Å². The van der Waals surface area contributed by atoms with Gasteiger partial charge in [-0.25, -0.2) is 4.79 Å². The van der Waals surface area contributed by atoms with Crippen LogP contribution in [0, 0.1) is 5.92 Å². The molecule has 1 rings (SSSR count). The molecule has 14 nitrogen and oxygen atoms in total. The molecule has 0 aliphatic heterocycles. The van der Waals surface area contributed by atoms with E-state index in [0.29, 0.717) is 0 Å². The molecule has 0 bridgehead atoms. The molecule has 0 aromatic heterocycles. The van der Waals surface area contributed by atoms with Gasteiger partial charge in [0.05, 0.1) is 19.1 Å². The van der Waals surface area contributed by atoms with E-state index < -0.39 is 84.7 Å². The van der Waals surface area contributed by atoms with Crippen LogP contribution in [0.4, 0.5) is 0 Å². The zero-order valence-electron chi connectivity index (χ0n) is 21.3. The van der Waals surface area contributed by atoms with Crippen LogP contribution in [0.5, 0.6) is 0 Å². The summed E-state index contributed by atoms with van der Waals surface area (Å²) in [5, 5.41) is 36.8. The number of rotatable bonds is 15. The molecular weight excluding hydrogens is 502 g/mol. The van der Waals surface area contributed by atoms with E-state index >= 15 is 0 Å². The summed E-state index contributed by atoms with van der Waals surface area (Å²) in [7, 11) is 0. The van der Waals surface area contributed by atoms with E-state index in [-0.39, 0.29) is 6.42 Å². The highest BCUT2D eigenvalue weighted by Crippen LogP contribution is 2.04. The molecule has 0 saturated carbocycles. The third-order valence-electron chi connectivity index (χ3n) is 5.45. The fourth-order valence-corrected chi connectivity index (χ4v) is 3.26. The van der Waals surface area contributed by atoms with Crippen molar-refractivity contribution in [3.63, 3.8) is 0 Å². The monoisotopic (exact) mass is 537 g/mol. The third-order valence-corrected chi connectivity index (χ3v) is 5.45.